The van der Waals surface area contributed by atoms with E-state index in [0.717, 1.165) is 25.7 Å². The number of hydrogen-bond acceptors (Lipinski definition) is 0. The van der Waals surface area contributed by atoms with Gasteiger partial charge in [0.15, 0.2) is 23.3 Å². The van der Waals surface area contributed by atoms with Crippen molar-refractivity contribution in [2.75, 3.05) is 0 Å². The summed E-state index contributed by atoms with van der Waals surface area (Å²) in [6.07, 6.45) is 10.7. The van der Waals surface area contributed by atoms with Crippen LogP contribution in [0.15, 0.2) is 36.4 Å². The van der Waals surface area contributed by atoms with Crippen molar-refractivity contribution in [3.63, 3.8) is 0 Å². The molecule has 4 atom stereocenters. The molecule has 4 heteroatoms. The Morgan fingerprint density at radius 2 is 1.38 bits per heavy atom. The van der Waals surface area contributed by atoms with E-state index in [9.17, 15) is 17.6 Å². The summed E-state index contributed by atoms with van der Waals surface area (Å²) < 4.78 is 57.5. The van der Waals surface area contributed by atoms with Crippen molar-refractivity contribution >= 4 is 0 Å². The van der Waals surface area contributed by atoms with Crippen molar-refractivity contribution < 1.29 is 17.6 Å². The highest BCUT2D eigenvalue weighted by Crippen LogP contribution is 2.48. The Labute approximate surface area is 187 Å². The van der Waals surface area contributed by atoms with Crippen LogP contribution in [0.4, 0.5) is 17.6 Å². The second-order valence-electron chi connectivity index (χ2n) is 9.27. The molecule has 0 aliphatic heterocycles. The van der Waals surface area contributed by atoms with Gasteiger partial charge in [0.25, 0.3) is 0 Å². The van der Waals surface area contributed by atoms with E-state index in [0.29, 0.717) is 23.3 Å². The molecule has 2 aliphatic carbocycles. The summed E-state index contributed by atoms with van der Waals surface area (Å²) >= 11 is 0. The van der Waals surface area contributed by atoms with Crippen LogP contribution in [-0.2, 0) is 0 Å². The van der Waals surface area contributed by atoms with Crippen molar-refractivity contribution in [3.05, 3.63) is 81.9 Å². The first-order valence-electron chi connectivity index (χ1n) is 11.5. The topological polar surface area (TPSA) is 0 Å². The molecule has 168 valence electrons. The number of hydrogen-bond donors (Lipinski definition) is 0. The number of allylic oxidation sites excluding steroid dienone is 2. The minimum absolute atomic E-state index is 0.00895. The third-order valence-corrected chi connectivity index (χ3v) is 7.28. The maximum absolute atomic E-state index is 15.0. The minimum atomic E-state index is -1.07. The summed E-state index contributed by atoms with van der Waals surface area (Å²) in [5.74, 6) is 2.88. The molecule has 0 aromatic heterocycles. The lowest BCUT2D eigenvalue weighted by Crippen LogP contribution is -2.30. The highest BCUT2D eigenvalue weighted by Gasteiger charge is 2.36. The van der Waals surface area contributed by atoms with Crippen LogP contribution in [0.5, 0.6) is 0 Å². The van der Waals surface area contributed by atoms with Gasteiger partial charge in [-0.15, -0.1) is 0 Å². The largest absolute Gasteiger partial charge is 0.203 e. The average molecular weight is 441 g/mol. The van der Waals surface area contributed by atoms with Crippen LogP contribution in [0.25, 0.3) is 0 Å². The zero-order chi connectivity index (χ0) is 22.8. The van der Waals surface area contributed by atoms with Gasteiger partial charge in [-0.3, -0.25) is 0 Å². The molecule has 2 saturated carbocycles. The lowest BCUT2D eigenvalue weighted by molar-refractivity contribution is 0.132. The van der Waals surface area contributed by atoms with Crippen molar-refractivity contribution in [1.29, 1.82) is 0 Å². The van der Waals surface area contributed by atoms with E-state index in [1.54, 1.807) is 6.07 Å². The molecule has 0 saturated heterocycles. The number of benzene rings is 2. The first kappa shape index (κ1) is 22.6. The predicted octanol–water partition coefficient (Wildman–Crippen LogP) is 7.83. The first-order valence-corrected chi connectivity index (χ1v) is 11.5. The molecule has 0 heterocycles. The van der Waals surface area contributed by atoms with Crippen LogP contribution in [0, 0.1) is 59.8 Å². The Balaban J connectivity index is 1.52. The molecule has 0 amide bonds. The Hall–Kier alpha value is -2.54. The highest BCUT2D eigenvalue weighted by atomic mass is 19.2. The van der Waals surface area contributed by atoms with Crippen LogP contribution in [0.2, 0.25) is 0 Å². The summed E-state index contributed by atoms with van der Waals surface area (Å²) in [6, 6.07) is 5.82. The van der Waals surface area contributed by atoms with Crippen LogP contribution >= 0.6 is 0 Å². The van der Waals surface area contributed by atoms with E-state index in [-0.39, 0.29) is 22.6 Å². The van der Waals surface area contributed by atoms with Gasteiger partial charge in [0.1, 0.15) is 0 Å². The molecule has 4 rings (SSSR count). The van der Waals surface area contributed by atoms with Crippen molar-refractivity contribution in [2.45, 2.75) is 58.3 Å². The second-order valence-corrected chi connectivity index (χ2v) is 9.27. The zero-order valence-electron chi connectivity index (χ0n) is 18.5. The number of fused-ring (bicyclic) bond motifs is 1. The second kappa shape index (κ2) is 9.53. The standard InChI is InChI=1S/C28H28F4/c1-3-4-18-6-8-22-16-23(12-11-21(22)15-18)24-14-13-20(27(31)28(24)32)10-9-19-7-5-17(2)25(29)26(19)30/h3-5,7,13-14,18,21-23H,6,8,11-12,15-16H2,1-2H3/b4-3+. The molecule has 2 fully saturated rings. The molecule has 0 nitrogen and oxygen atoms in total. The fourth-order valence-corrected chi connectivity index (χ4v) is 5.51. The van der Waals surface area contributed by atoms with Gasteiger partial charge >= 0.3 is 0 Å². The number of rotatable bonds is 2. The summed E-state index contributed by atoms with van der Waals surface area (Å²) in [5.41, 5.74) is 0.255. The van der Waals surface area contributed by atoms with E-state index in [2.05, 4.69) is 30.9 Å². The molecule has 2 aromatic rings. The highest BCUT2D eigenvalue weighted by molar-refractivity contribution is 5.46. The van der Waals surface area contributed by atoms with Crippen LogP contribution < -0.4 is 0 Å². The van der Waals surface area contributed by atoms with Crippen molar-refractivity contribution in [2.24, 2.45) is 17.8 Å². The van der Waals surface area contributed by atoms with Gasteiger partial charge < -0.3 is 0 Å². The summed E-state index contributed by atoms with van der Waals surface area (Å²) in [7, 11) is 0. The van der Waals surface area contributed by atoms with Gasteiger partial charge in [-0.2, -0.15) is 0 Å². The first-order chi connectivity index (χ1) is 15.4. The molecule has 0 radical (unpaired) electrons. The lowest BCUT2D eigenvalue weighted by Gasteiger charge is -2.41. The third-order valence-electron chi connectivity index (χ3n) is 7.28. The van der Waals surface area contributed by atoms with Crippen LogP contribution in [0.1, 0.15) is 73.6 Å². The lowest BCUT2D eigenvalue weighted by atomic mass is 9.64. The van der Waals surface area contributed by atoms with Gasteiger partial charge in [0.2, 0.25) is 0 Å². The Bertz CT molecular complexity index is 1090. The van der Waals surface area contributed by atoms with Crippen molar-refractivity contribution in [3.8, 4) is 11.8 Å². The smallest absolute Gasteiger partial charge is 0.174 e. The molecule has 4 unspecified atom stereocenters. The minimum Gasteiger partial charge on any atom is -0.203 e. The van der Waals surface area contributed by atoms with Crippen LogP contribution in [0.3, 0.4) is 0 Å². The summed E-state index contributed by atoms with van der Waals surface area (Å²) in [6.45, 7) is 3.51. The maximum atomic E-state index is 15.0. The van der Waals surface area contributed by atoms with E-state index >= 15 is 0 Å². The van der Waals surface area contributed by atoms with Gasteiger partial charge in [-0.05, 0) is 99.3 Å². The number of aryl methyl sites for hydroxylation is 1. The van der Waals surface area contributed by atoms with Gasteiger partial charge in [0.05, 0.1) is 11.1 Å². The maximum Gasteiger partial charge on any atom is 0.174 e. The Kier molecular flexibility index (Phi) is 6.74. The average Bonchev–Trinajstić information content (AvgIpc) is 2.79. The molecule has 32 heavy (non-hydrogen) atoms. The zero-order valence-corrected chi connectivity index (χ0v) is 18.5. The SMILES string of the molecule is C/C=C/C1CCC2CC(c3ccc(C#Cc4ccc(C)c(F)c4F)c(F)c3F)CCC2C1. The van der Waals surface area contributed by atoms with Gasteiger partial charge in [-0.25, -0.2) is 17.6 Å². The molecular weight excluding hydrogens is 412 g/mol. The molecular formula is C28H28F4. The van der Waals surface area contributed by atoms with Gasteiger partial charge in [0, 0.05) is 0 Å². The van der Waals surface area contributed by atoms with E-state index in [1.807, 2.05) is 0 Å². The molecule has 2 aliphatic rings. The van der Waals surface area contributed by atoms with Crippen molar-refractivity contribution in [1.82, 2.24) is 0 Å². The predicted molar refractivity (Wildman–Crippen MR) is 119 cm³/mol. The molecule has 2 aromatic carbocycles. The third kappa shape index (κ3) is 4.49. The fraction of sp³-hybridized carbons (Fsp3) is 0.429. The van der Waals surface area contributed by atoms with Crippen LogP contribution in [-0.4, -0.2) is 0 Å². The summed E-state index contributed by atoms with van der Waals surface area (Å²) in [4.78, 5) is 0. The normalized spacial score (nSPS) is 25.3. The monoisotopic (exact) mass is 440 g/mol. The Morgan fingerprint density at radius 3 is 2.09 bits per heavy atom. The van der Waals surface area contributed by atoms with Gasteiger partial charge in [-0.1, -0.05) is 36.1 Å². The Morgan fingerprint density at radius 1 is 0.750 bits per heavy atom. The van der Waals surface area contributed by atoms with E-state index < -0.39 is 23.3 Å². The fourth-order valence-electron chi connectivity index (χ4n) is 5.51. The number of halogens is 4. The summed E-state index contributed by atoms with van der Waals surface area (Å²) in [5, 5.41) is 0. The molecule has 0 bridgehead atoms. The van der Waals surface area contributed by atoms with E-state index in [1.165, 1.54) is 38.0 Å². The molecule has 0 N–H and O–H groups in total. The van der Waals surface area contributed by atoms with E-state index in [4.69, 9.17) is 0 Å². The molecule has 0 spiro atoms. The quantitative estimate of drug-likeness (QED) is 0.254.